The van der Waals surface area contributed by atoms with Crippen molar-refractivity contribution >= 4 is 18.2 Å². The molecule has 6 heteroatoms. The molecule has 2 aliphatic rings. The number of hydrogen-bond acceptors (Lipinski definition) is 4. The number of halogens is 1. The third-order valence-electron chi connectivity index (χ3n) is 5.23. The molecule has 5 nitrogen and oxygen atoms in total. The Balaban J connectivity index is 1.55. The molecule has 0 bridgehead atoms. The van der Waals surface area contributed by atoms with Gasteiger partial charge in [-0.1, -0.05) is 30.3 Å². The Morgan fingerprint density at radius 1 is 1.03 bits per heavy atom. The first-order valence-electron chi connectivity index (χ1n) is 10.1. The molecule has 1 N–H and O–H groups in total. The highest BCUT2D eigenvalue weighted by molar-refractivity contribution is 5.95. The van der Waals surface area contributed by atoms with Crippen LogP contribution in [0.5, 0.6) is 0 Å². The zero-order valence-corrected chi connectivity index (χ0v) is 16.7. The van der Waals surface area contributed by atoms with E-state index in [1.54, 1.807) is 6.21 Å². The summed E-state index contributed by atoms with van der Waals surface area (Å²) in [5.41, 5.74) is 7.63. The van der Waals surface area contributed by atoms with Crippen LogP contribution >= 0.6 is 0 Å². The second-order valence-electron chi connectivity index (χ2n) is 7.26. The summed E-state index contributed by atoms with van der Waals surface area (Å²) in [5, 5.41) is 4.18. The van der Waals surface area contributed by atoms with E-state index in [1.807, 2.05) is 18.2 Å². The largest absolute Gasteiger partial charge is 0.378 e. The Bertz CT molecular complexity index is 975. The molecule has 0 aromatic heterocycles. The van der Waals surface area contributed by atoms with Crippen LogP contribution in [0.25, 0.3) is 6.08 Å². The zero-order valence-electron chi connectivity index (χ0n) is 16.7. The number of carbonyl (C=O) groups is 1. The summed E-state index contributed by atoms with van der Waals surface area (Å²) in [4.78, 5) is 14.6. The van der Waals surface area contributed by atoms with E-state index < -0.39 is 0 Å². The number of morpholine rings is 1. The Morgan fingerprint density at radius 3 is 2.50 bits per heavy atom. The van der Waals surface area contributed by atoms with E-state index in [2.05, 4.69) is 33.6 Å². The average molecular weight is 405 g/mol. The third kappa shape index (κ3) is 4.83. The molecule has 154 valence electrons. The first-order chi connectivity index (χ1) is 14.7. The molecule has 1 aliphatic carbocycles. The summed E-state index contributed by atoms with van der Waals surface area (Å²) in [6, 6.07) is 15.7. The van der Waals surface area contributed by atoms with Gasteiger partial charge < -0.3 is 9.64 Å². The molecule has 0 atom stereocenters. The minimum atomic E-state index is -0.376. The maximum absolute atomic E-state index is 13.0. The summed E-state index contributed by atoms with van der Waals surface area (Å²) in [6.45, 7) is 3.07. The second-order valence-corrected chi connectivity index (χ2v) is 7.26. The highest BCUT2D eigenvalue weighted by atomic mass is 19.1. The SMILES string of the molecule is O=C(N/N=C\C1=C(N2CCOCC2)C(=C\c2ccccc2)/CC1)c1ccc(F)cc1. The number of nitrogens with one attached hydrogen (secondary N) is 1. The summed E-state index contributed by atoms with van der Waals surface area (Å²) in [7, 11) is 0. The highest BCUT2D eigenvalue weighted by Crippen LogP contribution is 2.34. The first-order valence-corrected chi connectivity index (χ1v) is 10.1. The molecule has 2 aromatic carbocycles. The van der Waals surface area contributed by atoms with Crippen LogP contribution in [0.4, 0.5) is 4.39 Å². The number of rotatable bonds is 5. The molecule has 0 saturated carbocycles. The molecule has 1 aliphatic heterocycles. The molecular weight excluding hydrogens is 381 g/mol. The minimum Gasteiger partial charge on any atom is -0.378 e. The number of amides is 1. The summed E-state index contributed by atoms with van der Waals surface area (Å²) in [5.74, 6) is -0.739. The van der Waals surface area contributed by atoms with Crippen molar-refractivity contribution in [1.82, 2.24) is 10.3 Å². The van der Waals surface area contributed by atoms with E-state index >= 15 is 0 Å². The van der Waals surface area contributed by atoms with Crippen LogP contribution in [0.15, 0.2) is 76.5 Å². The predicted molar refractivity (Wildman–Crippen MR) is 115 cm³/mol. The fourth-order valence-electron chi connectivity index (χ4n) is 3.76. The Morgan fingerprint density at radius 2 is 1.77 bits per heavy atom. The van der Waals surface area contributed by atoms with Gasteiger partial charge in [0.15, 0.2) is 0 Å². The lowest BCUT2D eigenvalue weighted by Gasteiger charge is -2.31. The van der Waals surface area contributed by atoms with Gasteiger partial charge in [-0.25, -0.2) is 9.82 Å². The molecule has 0 spiro atoms. The van der Waals surface area contributed by atoms with Crippen molar-refractivity contribution in [3.8, 4) is 0 Å². The average Bonchev–Trinajstić information content (AvgIpc) is 3.17. The van der Waals surface area contributed by atoms with Crippen LogP contribution in [0, 0.1) is 5.82 Å². The normalized spacial score (nSPS) is 18.4. The van der Waals surface area contributed by atoms with Gasteiger partial charge in [-0.3, -0.25) is 4.79 Å². The third-order valence-corrected chi connectivity index (χ3v) is 5.23. The van der Waals surface area contributed by atoms with Crippen LogP contribution in [-0.4, -0.2) is 43.3 Å². The van der Waals surface area contributed by atoms with E-state index in [1.165, 1.54) is 41.1 Å². The van der Waals surface area contributed by atoms with Gasteiger partial charge in [0.25, 0.3) is 5.91 Å². The van der Waals surface area contributed by atoms with Gasteiger partial charge in [0, 0.05) is 24.4 Å². The molecular formula is C24H24FN3O2. The van der Waals surface area contributed by atoms with E-state index in [0.717, 1.165) is 31.5 Å². The Hall–Kier alpha value is -3.25. The van der Waals surface area contributed by atoms with Crippen LogP contribution in [-0.2, 0) is 4.74 Å². The Kier molecular flexibility index (Phi) is 6.35. The summed E-state index contributed by atoms with van der Waals surface area (Å²) in [6.07, 6.45) is 5.75. The van der Waals surface area contributed by atoms with Gasteiger partial charge in [0.2, 0.25) is 0 Å². The lowest BCUT2D eigenvalue weighted by Crippen LogP contribution is -2.36. The molecule has 0 radical (unpaired) electrons. The van der Waals surface area contributed by atoms with Crippen molar-refractivity contribution in [3.05, 3.63) is 88.4 Å². The van der Waals surface area contributed by atoms with Crippen molar-refractivity contribution in [1.29, 1.82) is 0 Å². The standard InChI is InChI=1S/C24H24FN3O2/c25-22-10-8-19(9-11-22)24(29)27-26-17-21-7-6-20(16-18-4-2-1-3-5-18)23(21)28-12-14-30-15-13-28/h1-5,8-11,16-17H,6-7,12-15H2,(H,27,29)/b20-16-,26-17-. The van der Waals surface area contributed by atoms with E-state index in [9.17, 15) is 9.18 Å². The van der Waals surface area contributed by atoms with E-state index in [4.69, 9.17) is 4.74 Å². The summed E-state index contributed by atoms with van der Waals surface area (Å²) >= 11 is 0. The van der Waals surface area contributed by atoms with E-state index in [-0.39, 0.29) is 11.7 Å². The number of ether oxygens (including phenoxy) is 1. The topological polar surface area (TPSA) is 53.9 Å². The predicted octanol–water partition coefficient (Wildman–Crippen LogP) is 4.01. The number of hydrazone groups is 1. The summed E-state index contributed by atoms with van der Waals surface area (Å²) < 4.78 is 18.5. The lowest BCUT2D eigenvalue weighted by molar-refractivity contribution is 0.0548. The first kappa shape index (κ1) is 20.0. The lowest BCUT2D eigenvalue weighted by atomic mass is 10.1. The molecule has 2 aromatic rings. The maximum atomic E-state index is 13.0. The van der Waals surface area contributed by atoms with Crippen LogP contribution in [0.3, 0.4) is 0 Å². The number of hydrogen-bond donors (Lipinski definition) is 1. The van der Waals surface area contributed by atoms with Crippen LogP contribution < -0.4 is 5.43 Å². The van der Waals surface area contributed by atoms with Gasteiger partial charge in [-0.2, -0.15) is 5.10 Å². The molecule has 30 heavy (non-hydrogen) atoms. The highest BCUT2D eigenvalue weighted by Gasteiger charge is 2.25. The fourth-order valence-corrected chi connectivity index (χ4v) is 3.76. The fraction of sp³-hybridized carbons (Fsp3) is 0.250. The van der Waals surface area contributed by atoms with Crippen molar-refractivity contribution in [2.45, 2.75) is 12.8 Å². The monoisotopic (exact) mass is 405 g/mol. The van der Waals surface area contributed by atoms with Gasteiger partial charge in [-0.15, -0.1) is 0 Å². The molecule has 0 unspecified atom stereocenters. The second kappa shape index (κ2) is 9.50. The molecule has 1 saturated heterocycles. The van der Waals surface area contributed by atoms with Gasteiger partial charge in [-0.05, 0) is 59.9 Å². The van der Waals surface area contributed by atoms with Gasteiger partial charge in [0.1, 0.15) is 5.82 Å². The van der Waals surface area contributed by atoms with Crippen LogP contribution in [0.1, 0.15) is 28.8 Å². The Labute approximate surface area is 175 Å². The molecule has 1 heterocycles. The quantitative estimate of drug-likeness (QED) is 0.604. The van der Waals surface area contributed by atoms with E-state index in [0.29, 0.717) is 18.8 Å². The van der Waals surface area contributed by atoms with Crippen molar-refractivity contribution in [3.63, 3.8) is 0 Å². The molecule has 1 amide bonds. The molecule has 1 fully saturated rings. The van der Waals surface area contributed by atoms with Gasteiger partial charge >= 0.3 is 0 Å². The number of benzene rings is 2. The van der Waals surface area contributed by atoms with Crippen LogP contribution in [0.2, 0.25) is 0 Å². The van der Waals surface area contributed by atoms with Gasteiger partial charge in [0.05, 0.1) is 19.4 Å². The maximum Gasteiger partial charge on any atom is 0.271 e. The minimum absolute atomic E-state index is 0.363. The van der Waals surface area contributed by atoms with Crippen molar-refractivity contribution < 1.29 is 13.9 Å². The smallest absolute Gasteiger partial charge is 0.271 e. The zero-order chi connectivity index (χ0) is 20.8. The number of carbonyl (C=O) groups excluding carboxylic acids is 1. The number of allylic oxidation sites excluding steroid dienone is 2. The van der Waals surface area contributed by atoms with Crippen molar-refractivity contribution in [2.75, 3.05) is 26.3 Å². The van der Waals surface area contributed by atoms with Crippen molar-refractivity contribution in [2.24, 2.45) is 5.10 Å². The molecule has 4 rings (SSSR count). The number of nitrogens with zero attached hydrogens (tertiary/aromatic N) is 2.